The van der Waals surface area contributed by atoms with Crippen LogP contribution < -0.4 is 0 Å². The molecule has 1 saturated heterocycles. The van der Waals surface area contributed by atoms with Crippen LogP contribution >= 0.6 is 0 Å². The van der Waals surface area contributed by atoms with E-state index in [1.165, 1.54) is 25.7 Å². The number of rotatable bonds is 0. The van der Waals surface area contributed by atoms with Crippen LogP contribution in [0.1, 0.15) is 38.5 Å². The van der Waals surface area contributed by atoms with E-state index < -0.39 is 0 Å². The minimum Gasteiger partial charge on any atom is -0.348 e. The predicted octanol–water partition coefficient (Wildman–Crippen LogP) is 3.13. The van der Waals surface area contributed by atoms with Crippen LogP contribution in [0.3, 0.4) is 0 Å². The molecule has 6 aliphatic rings. The Hall–Kier alpha value is -0.340. The first-order valence-corrected chi connectivity index (χ1v) is 7.31. The molecule has 17 heavy (non-hydrogen) atoms. The third-order valence-electron chi connectivity index (χ3n) is 5.71. The Bertz CT molecular complexity index is 296. The molecule has 4 bridgehead atoms. The van der Waals surface area contributed by atoms with Crippen LogP contribution in [-0.4, -0.2) is 19.0 Å². The van der Waals surface area contributed by atoms with Gasteiger partial charge in [-0.3, -0.25) is 0 Å². The lowest BCUT2D eigenvalue weighted by molar-refractivity contribution is -0.196. The Kier molecular flexibility index (Phi) is 2.38. The summed E-state index contributed by atoms with van der Waals surface area (Å²) in [4.78, 5) is 0. The van der Waals surface area contributed by atoms with E-state index >= 15 is 0 Å². The third kappa shape index (κ3) is 1.53. The zero-order valence-corrected chi connectivity index (χ0v) is 10.4. The van der Waals surface area contributed by atoms with E-state index in [2.05, 4.69) is 12.2 Å². The van der Waals surface area contributed by atoms with Crippen LogP contribution in [-0.2, 0) is 9.47 Å². The summed E-state index contributed by atoms with van der Waals surface area (Å²) in [6.07, 6.45) is 12.5. The minimum absolute atomic E-state index is 0.173. The van der Waals surface area contributed by atoms with E-state index in [0.29, 0.717) is 0 Å². The molecule has 0 unspecified atom stereocenters. The van der Waals surface area contributed by atoms with E-state index in [4.69, 9.17) is 9.47 Å². The molecule has 0 aromatic heterocycles. The summed E-state index contributed by atoms with van der Waals surface area (Å²) in [7, 11) is 0. The molecule has 0 N–H and O–H groups in total. The highest BCUT2D eigenvalue weighted by Gasteiger charge is 2.53. The fourth-order valence-electron chi connectivity index (χ4n) is 4.87. The Labute approximate surface area is 103 Å². The smallest absolute Gasteiger partial charge is 0.168 e. The van der Waals surface area contributed by atoms with Gasteiger partial charge in [0.05, 0.1) is 13.2 Å². The molecule has 1 aliphatic heterocycles. The van der Waals surface area contributed by atoms with E-state index in [1.54, 1.807) is 0 Å². The van der Waals surface area contributed by atoms with Crippen molar-refractivity contribution in [3.8, 4) is 0 Å². The summed E-state index contributed by atoms with van der Waals surface area (Å²) >= 11 is 0. The van der Waals surface area contributed by atoms with Crippen LogP contribution in [0, 0.1) is 23.7 Å². The van der Waals surface area contributed by atoms with Gasteiger partial charge in [-0.1, -0.05) is 12.2 Å². The normalized spacial score (nSPS) is 47.1. The average molecular weight is 234 g/mol. The van der Waals surface area contributed by atoms with Crippen molar-refractivity contribution in [3.63, 3.8) is 0 Å². The van der Waals surface area contributed by atoms with Crippen molar-refractivity contribution in [2.75, 3.05) is 13.2 Å². The third-order valence-corrected chi connectivity index (χ3v) is 5.71. The van der Waals surface area contributed by atoms with Gasteiger partial charge >= 0.3 is 0 Å². The molecule has 3 saturated carbocycles. The summed E-state index contributed by atoms with van der Waals surface area (Å²) < 4.78 is 11.8. The van der Waals surface area contributed by atoms with Crippen LogP contribution in [0.15, 0.2) is 12.2 Å². The number of allylic oxidation sites excluding steroid dienone is 2. The van der Waals surface area contributed by atoms with Crippen molar-refractivity contribution in [3.05, 3.63) is 12.2 Å². The van der Waals surface area contributed by atoms with Gasteiger partial charge < -0.3 is 9.47 Å². The molecule has 1 heterocycles. The Morgan fingerprint density at radius 2 is 1.29 bits per heavy atom. The summed E-state index contributed by atoms with van der Waals surface area (Å²) in [5.41, 5.74) is 0. The zero-order valence-electron chi connectivity index (χ0n) is 10.4. The summed E-state index contributed by atoms with van der Waals surface area (Å²) in [6, 6.07) is 0. The van der Waals surface area contributed by atoms with Crippen molar-refractivity contribution < 1.29 is 9.47 Å². The lowest BCUT2D eigenvalue weighted by Gasteiger charge is -2.54. The molecule has 1 spiro atoms. The molecule has 0 atom stereocenters. The second-order valence-electron chi connectivity index (χ2n) is 6.28. The first kappa shape index (κ1) is 10.6. The predicted molar refractivity (Wildman–Crippen MR) is 65.4 cm³/mol. The number of ether oxygens (including phenoxy) is 2. The first-order valence-electron chi connectivity index (χ1n) is 7.31. The maximum atomic E-state index is 5.90. The van der Waals surface area contributed by atoms with Crippen LogP contribution in [0.25, 0.3) is 0 Å². The standard InChI is InChI=1S/C15H22O2/c1-2-4-12-13-5-7-15(16-9-10-17-15)8-6-14(12)11(13)3-1/h1-2,11-14H,3-10H2. The summed E-state index contributed by atoms with van der Waals surface area (Å²) in [5.74, 6) is 3.71. The van der Waals surface area contributed by atoms with E-state index in [1.807, 2.05) is 0 Å². The molecule has 2 nitrogen and oxygen atoms in total. The molecule has 4 fully saturated rings. The molecule has 0 amide bonds. The van der Waals surface area contributed by atoms with Gasteiger partial charge in [-0.2, -0.15) is 0 Å². The second-order valence-corrected chi connectivity index (χ2v) is 6.28. The van der Waals surface area contributed by atoms with E-state index in [0.717, 1.165) is 49.7 Å². The van der Waals surface area contributed by atoms with Gasteiger partial charge in [-0.25, -0.2) is 0 Å². The van der Waals surface area contributed by atoms with Gasteiger partial charge in [0.15, 0.2) is 5.79 Å². The average Bonchev–Trinajstić information content (AvgIpc) is 2.54. The molecule has 5 aliphatic carbocycles. The van der Waals surface area contributed by atoms with Gasteiger partial charge in [0.1, 0.15) is 0 Å². The summed E-state index contributed by atoms with van der Waals surface area (Å²) in [5, 5.41) is 0. The lowest BCUT2D eigenvalue weighted by Crippen LogP contribution is -2.49. The highest BCUT2D eigenvalue weighted by atomic mass is 16.7. The Morgan fingerprint density at radius 1 is 0.765 bits per heavy atom. The zero-order chi connectivity index (χ0) is 11.3. The molecule has 94 valence electrons. The van der Waals surface area contributed by atoms with Gasteiger partial charge in [0, 0.05) is 12.8 Å². The molecular weight excluding hydrogens is 212 g/mol. The quantitative estimate of drug-likeness (QED) is 0.599. The molecule has 0 aromatic carbocycles. The minimum atomic E-state index is -0.173. The van der Waals surface area contributed by atoms with Crippen LogP contribution in [0.2, 0.25) is 0 Å². The Balaban J connectivity index is 1.52. The fourth-order valence-corrected chi connectivity index (χ4v) is 4.87. The first-order chi connectivity index (χ1) is 8.38. The molecule has 0 aromatic rings. The second kappa shape index (κ2) is 3.83. The van der Waals surface area contributed by atoms with Gasteiger partial charge in [-0.05, 0) is 49.4 Å². The van der Waals surface area contributed by atoms with E-state index in [-0.39, 0.29) is 5.79 Å². The van der Waals surface area contributed by atoms with Crippen molar-refractivity contribution in [2.24, 2.45) is 23.7 Å². The number of hydrogen-bond acceptors (Lipinski definition) is 2. The molecule has 0 radical (unpaired) electrons. The van der Waals surface area contributed by atoms with Crippen molar-refractivity contribution in [1.82, 2.24) is 0 Å². The Morgan fingerprint density at radius 3 is 1.82 bits per heavy atom. The van der Waals surface area contributed by atoms with E-state index in [9.17, 15) is 0 Å². The van der Waals surface area contributed by atoms with Gasteiger partial charge in [0.25, 0.3) is 0 Å². The maximum absolute atomic E-state index is 5.90. The highest BCUT2D eigenvalue weighted by Crippen LogP contribution is 2.58. The number of hydrogen-bond donors (Lipinski definition) is 0. The largest absolute Gasteiger partial charge is 0.348 e. The van der Waals surface area contributed by atoms with Crippen LogP contribution in [0.4, 0.5) is 0 Å². The topological polar surface area (TPSA) is 18.5 Å². The summed E-state index contributed by atoms with van der Waals surface area (Å²) in [6.45, 7) is 1.62. The lowest BCUT2D eigenvalue weighted by atomic mass is 9.52. The van der Waals surface area contributed by atoms with Gasteiger partial charge in [0.2, 0.25) is 0 Å². The molecular formula is C15H22O2. The van der Waals surface area contributed by atoms with Crippen molar-refractivity contribution in [1.29, 1.82) is 0 Å². The fraction of sp³-hybridized carbons (Fsp3) is 0.867. The maximum Gasteiger partial charge on any atom is 0.168 e. The van der Waals surface area contributed by atoms with Gasteiger partial charge in [-0.15, -0.1) is 0 Å². The highest BCUT2D eigenvalue weighted by molar-refractivity contribution is 5.08. The molecule has 2 heteroatoms. The van der Waals surface area contributed by atoms with Crippen molar-refractivity contribution >= 4 is 0 Å². The molecule has 6 rings (SSSR count). The number of fused-ring (bicyclic) bond motifs is 4. The monoisotopic (exact) mass is 234 g/mol. The van der Waals surface area contributed by atoms with Crippen molar-refractivity contribution in [2.45, 2.75) is 44.3 Å². The SMILES string of the molecule is C1=CCC2C3CCC4(CCC2C3C1)OCCO4. The van der Waals surface area contributed by atoms with Crippen LogP contribution in [0.5, 0.6) is 0 Å².